The van der Waals surface area contributed by atoms with Crippen molar-refractivity contribution in [3.63, 3.8) is 0 Å². The Labute approximate surface area is 155 Å². The van der Waals surface area contributed by atoms with Gasteiger partial charge in [0.15, 0.2) is 0 Å². The van der Waals surface area contributed by atoms with Crippen molar-refractivity contribution >= 4 is 40.6 Å². The van der Waals surface area contributed by atoms with Gasteiger partial charge in [-0.2, -0.15) is 0 Å². The maximum Gasteiger partial charge on any atom is 0.257 e. The predicted octanol–water partition coefficient (Wildman–Crippen LogP) is 4.65. The van der Waals surface area contributed by atoms with Gasteiger partial charge in [0.25, 0.3) is 5.91 Å². The molecule has 0 aliphatic rings. The third-order valence-corrected chi connectivity index (χ3v) is 4.08. The van der Waals surface area contributed by atoms with Gasteiger partial charge in [-0.15, -0.1) is 0 Å². The molecule has 5 nitrogen and oxygen atoms in total. The first kappa shape index (κ1) is 17.2. The molecule has 2 N–H and O–H groups in total. The van der Waals surface area contributed by atoms with Gasteiger partial charge in [0, 0.05) is 25.1 Å². The topological polar surface area (TPSA) is 66.9 Å². The molecule has 2 aromatic heterocycles. The second-order valence-electron chi connectivity index (χ2n) is 5.19. The summed E-state index contributed by atoms with van der Waals surface area (Å²) in [5.74, 6) is 0.340. The van der Waals surface area contributed by atoms with Crippen LogP contribution in [0.4, 0.5) is 11.5 Å². The summed E-state index contributed by atoms with van der Waals surface area (Å²) in [6.45, 7) is 0.621. The van der Waals surface area contributed by atoms with E-state index in [1.54, 1.807) is 42.7 Å². The van der Waals surface area contributed by atoms with E-state index < -0.39 is 0 Å². The highest BCUT2D eigenvalue weighted by atomic mass is 35.5. The van der Waals surface area contributed by atoms with E-state index in [-0.39, 0.29) is 5.91 Å². The first-order valence-electron chi connectivity index (χ1n) is 7.47. The van der Waals surface area contributed by atoms with Crippen LogP contribution < -0.4 is 10.6 Å². The van der Waals surface area contributed by atoms with Crippen LogP contribution in [-0.2, 0) is 6.54 Å². The largest absolute Gasteiger partial charge is 0.366 e. The molecule has 0 unspecified atom stereocenters. The molecule has 0 bridgehead atoms. The lowest BCUT2D eigenvalue weighted by atomic mass is 10.2. The number of pyridine rings is 2. The van der Waals surface area contributed by atoms with Gasteiger partial charge in [-0.3, -0.25) is 9.78 Å². The van der Waals surface area contributed by atoms with Gasteiger partial charge in [0.2, 0.25) is 0 Å². The number of carbonyl (C=O) groups excluding carboxylic acids is 1. The highest BCUT2D eigenvalue weighted by Crippen LogP contribution is 2.30. The van der Waals surface area contributed by atoms with Crippen molar-refractivity contribution in [1.82, 2.24) is 9.97 Å². The fourth-order valence-corrected chi connectivity index (χ4v) is 2.62. The van der Waals surface area contributed by atoms with Gasteiger partial charge in [-0.25, -0.2) is 4.98 Å². The van der Waals surface area contributed by atoms with Crippen LogP contribution >= 0.6 is 23.2 Å². The molecule has 0 fully saturated rings. The van der Waals surface area contributed by atoms with Crippen LogP contribution in [0.2, 0.25) is 10.0 Å². The Hall–Kier alpha value is -2.63. The number of nitrogens with zero attached hydrogens (tertiary/aromatic N) is 2. The van der Waals surface area contributed by atoms with Gasteiger partial charge in [-0.1, -0.05) is 29.3 Å². The van der Waals surface area contributed by atoms with Crippen molar-refractivity contribution < 1.29 is 4.79 Å². The van der Waals surface area contributed by atoms with Crippen LogP contribution in [0.25, 0.3) is 0 Å². The molecule has 2 heterocycles. The second-order valence-corrected chi connectivity index (χ2v) is 6.01. The molecular weight excluding hydrogens is 359 g/mol. The summed E-state index contributed by atoms with van der Waals surface area (Å²) in [5.41, 5.74) is 1.88. The number of benzene rings is 1. The molecule has 0 aliphatic carbocycles. The number of halogens is 2. The minimum atomic E-state index is -0.330. The van der Waals surface area contributed by atoms with Crippen LogP contribution in [0.3, 0.4) is 0 Å². The average molecular weight is 373 g/mol. The van der Waals surface area contributed by atoms with Gasteiger partial charge in [-0.05, 0) is 42.0 Å². The molecule has 25 heavy (non-hydrogen) atoms. The van der Waals surface area contributed by atoms with Gasteiger partial charge in [0.05, 0.1) is 21.3 Å². The number of rotatable bonds is 5. The zero-order valence-electron chi connectivity index (χ0n) is 13.0. The SMILES string of the molecule is O=C(Nc1c(Cl)cccc1Cl)c1ccc(NCc2ccncc2)nc1. The second kappa shape index (κ2) is 7.96. The molecule has 3 rings (SSSR count). The summed E-state index contributed by atoms with van der Waals surface area (Å²) in [6, 6.07) is 12.3. The number of carbonyl (C=O) groups is 1. The smallest absolute Gasteiger partial charge is 0.257 e. The molecule has 0 atom stereocenters. The maximum absolute atomic E-state index is 12.3. The summed E-state index contributed by atoms with van der Waals surface area (Å²) < 4.78 is 0. The maximum atomic E-state index is 12.3. The van der Waals surface area contributed by atoms with Crippen LogP contribution in [0.5, 0.6) is 0 Å². The van der Waals surface area contributed by atoms with Crippen molar-refractivity contribution in [2.24, 2.45) is 0 Å². The van der Waals surface area contributed by atoms with Crippen molar-refractivity contribution in [2.45, 2.75) is 6.54 Å². The van der Waals surface area contributed by atoms with Crippen molar-refractivity contribution in [3.05, 3.63) is 82.2 Å². The summed E-state index contributed by atoms with van der Waals surface area (Å²) in [4.78, 5) is 20.5. The van der Waals surface area contributed by atoms with Crippen LogP contribution in [0.1, 0.15) is 15.9 Å². The minimum absolute atomic E-state index is 0.330. The number of nitrogens with one attached hydrogen (secondary N) is 2. The molecule has 0 spiro atoms. The minimum Gasteiger partial charge on any atom is -0.366 e. The molecule has 7 heteroatoms. The molecule has 0 saturated heterocycles. The molecule has 0 saturated carbocycles. The predicted molar refractivity (Wildman–Crippen MR) is 100 cm³/mol. The lowest BCUT2D eigenvalue weighted by Gasteiger charge is -2.10. The Morgan fingerprint density at radius 2 is 1.72 bits per heavy atom. The first-order valence-corrected chi connectivity index (χ1v) is 8.23. The fraction of sp³-hybridized carbons (Fsp3) is 0.0556. The highest BCUT2D eigenvalue weighted by molar-refractivity contribution is 6.40. The number of para-hydroxylation sites is 1. The Kier molecular flexibility index (Phi) is 5.48. The Bertz CT molecular complexity index is 850. The monoisotopic (exact) mass is 372 g/mol. The number of amides is 1. The number of hydrogen-bond donors (Lipinski definition) is 2. The van der Waals surface area contributed by atoms with Crippen molar-refractivity contribution in [1.29, 1.82) is 0 Å². The lowest BCUT2D eigenvalue weighted by Crippen LogP contribution is -2.13. The van der Waals surface area contributed by atoms with E-state index in [1.807, 2.05) is 12.1 Å². The summed E-state index contributed by atoms with van der Waals surface area (Å²) in [6.07, 6.45) is 4.96. The van der Waals surface area contributed by atoms with E-state index in [1.165, 1.54) is 6.20 Å². The molecule has 1 amide bonds. The highest BCUT2D eigenvalue weighted by Gasteiger charge is 2.11. The third-order valence-electron chi connectivity index (χ3n) is 3.45. The van der Waals surface area contributed by atoms with Gasteiger partial charge in [0.1, 0.15) is 5.82 Å². The van der Waals surface area contributed by atoms with E-state index in [9.17, 15) is 4.79 Å². The quantitative estimate of drug-likeness (QED) is 0.683. The zero-order valence-corrected chi connectivity index (χ0v) is 14.6. The van der Waals surface area contributed by atoms with E-state index in [0.29, 0.717) is 33.7 Å². The molecule has 0 aliphatic heterocycles. The van der Waals surface area contributed by atoms with Gasteiger partial charge >= 0.3 is 0 Å². The van der Waals surface area contributed by atoms with Gasteiger partial charge < -0.3 is 10.6 Å². The van der Waals surface area contributed by atoms with E-state index in [2.05, 4.69) is 20.6 Å². The number of hydrogen-bond acceptors (Lipinski definition) is 4. The summed E-state index contributed by atoms with van der Waals surface area (Å²) >= 11 is 12.1. The average Bonchev–Trinajstić information content (AvgIpc) is 2.64. The number of anilines is 2. The lowest BCUT2D eigenvalue weighted by molar-refractivity contribution is 0.102. The number of aromatic nitrogens is 2. The van der Waals surface area contributed by atoms with Crippen LogP contribution in [0.15, 0.2) is 61.1 Å². The van der Waals surface area contributed by atoms with Crippen LogP contribution in [0, 0.1) is 0 Å². The van der Waals surface area contributed by atoms with Crippen LogP contribution in [-0.4, -0.2) is 15.9 Å². The zero-order chi connectivity index (χ0) is 17.6. The molecule has 1 aromatic carbocycles. The van der Waals surface area contributed by atoms with Crippen molar-refractivity contribution in [3.8, 4) is 0 Å². The molecule has 3 aromatic rings. The van der Waals surface area contributed by atoms with E-state index in [0.717, 1.165) is 5.56 Å². The van der Waals surface area contributed by atoms with Crippen molar-refractivity contribution in [2.75, 3.05) is 10.6 Å². The normalized spacial score (nSPS) is 10.3. The Morgan fingerprint density at radius 1 is 1.00 bits per heavy atom. The fourth-order valence-electron chi connectivity index (χ4n) is 2.13. The first-order chi connectivity index (χ1) is 12.1. The molecular formula is C18H14Cl2N4O. The third kappa shape index (κ3) is 4.47. The van der Waals surface area contributed by atoms with E-state index >= 15 is 0 Å². The standard InChI is InChI=1S/C18H14Cl2N4O/c19-14-2-1-3-15(20)17(14)24-18(25)13-4-5-16(23-11-13)22-10-12-6-8-21-9-7-12/h1-9,11H,10H2,(H,22,23)(H,24,25). The Morgan fingerprint density at radius 3 is 2.36 bits per heavy atom. The summed E-state index contributed by atoms with van der Waals surface area (Å²) in [7, 11) is 0. The van der Waals surface area contributed by atoms with E-state index in [4.69, 9.17) is 23.2 Å². The Balaban J connectivity index is 1.64. The summed E-state index contributed by atoms with van der Waals surface area (Å²) in [5, 5.41) is 6.64. The molecule has 126 valence electrons. The molecule has 0 radical (unpaired) electrons.